The maximum Gasteiger partial charge on any atom is 0.254 e. The monoisotopic (exact) mass is 661 g/mol. The number of hydrogen-bond acceptors (Lipinski definition) is 9. The molecule has 1 aliphatic carbocycles. The normalized spacial score (nSPS) is 25.6. The first kappa shape index (κ1) is 33.4. The molecule has 1 aromatic carbocycles. The van der Waals surface area contributed by atoms with Crippen molar-refractivity contribution in [3.8, 4) is 22.6 Å². The minimum atomic E-state index is -0.856. The predicted octanol–water partition coefficient (Wildman–Crippen LogP) is 5.58. The van der Waals surface area contributed by atoms with Gasteiger partial charge in [0.1, 0.15) is 5.82 Å². The van der Waals surface area contributed by atoms with Crippen LogP contribution in [0.15, 0.2) is 40.2 Å². The number of anilines is 1. The number of amides is 1. The highest BCUT2D eigenvalue weighted by atomic mass is 32.2. The van der Waals surface area contributed by atoms with E-state index in [-0.39, 0.29) is 36.1 Å². The molecule has 0 radical (unpaired) electrons. The van der Waals surface area contributed by atoms with Crippen LogP contribution in [-0.4, -0.2) is 66.3 Å². The molecular weight excluding hydrogens is 614 g/mol. The molecule has 252 valence electrons. The lowest BCUT2D eigenvalue weighted by atomic mass is 9.81. The first-order valence-electron chi connectivity index (χ1n) is 16.6. The minimum Gasteiger partial charge on any atom is -0.448 e. The van der Waals surface area contributed by atoms with Crippen molar-refractivity contribution >= 4 is 23.5 Å². The largest absolute Gasteiger partial charge is 0.448 e. The van der Waals surface area contributed by atoms with Crippen LogP contribution in [0.4, 0.5) is 5.82 Å². The average Bonchev–Trinajstić information content (AvgIpc) is 3.43. The van der Waals surface area contributed by atoms with Gasteiger partial charge in [-0.1, -0.05) is 0 Å². The number of carbonyl (C=O) groups is 1. The Morgan fingerprint density at radius 1 is 1.09 bits per heavy atom. The van der Waals surface area contributed by atoms with E-state index >= 15 is 0 Å². The second-order valence-electron chi connectivity index (χ2n) is 13.4. The number of nitrogens with zero attached hydrogens (tertiary/aromatic N) is 2. The summed E-state index contributed by atoms with van der Waals surface area (Å²) in [6.45, 7) is 11.6. The Labute approximate surface area is 281 Å². The predicted molar refractivity (Wildman–Crippen MR) is 186 cm³/mol. The van der Waals surface area contributed by atoms with Crippen LogP contribution < -0.4 is 30.6 Å². The van der Waals surface area contributed by atoms with E-state index in [2.05, 4.69) is 34.4 Å². The van der Waals surface area contributed by atoms with E-state index in [0.29, 0.717) is 34.2 Å². The van der Waals surface area contributed by atoms with Gasteiger partial charge in [-0.3, -0.25) is 9.59 Å². The molecule has 0 spiro atoms. The Kier molecular flexibility index (Phi) is 9.60. The number of H-pyrrole nitrogens is 1. The van der Waals surface area contributed by atoms with Gasteiger partial charge in [0.15, 0.2) is 11.5 Å². The molecule has 6 rings (SSSR count). The number of pyridine rings is 2. The van der Waals surface area contributed by atoms with Gasteiger partial charge in [0.25, 0.3) is 17.3 Å². The van der Waals surface area contributed by atoms with Gasteiger partial charge < -0.3 is 34.7 Å². The highest BCUT2D eigenvalue weighted by Gasteiger charge is 2.47. The highest BCUT2D eigenvalue weighted by molar-refractivity contribution is 7.98. The summed E-state index contributed by atoms with van der Waals surface area (Å²) in [5.41, 5.74) is 3.88. The topological polar surface area (TPSA) is 118 Å². The van der Waals surface area contributed by atoms with E-state index in [9.17, 15) is 9.59 Å². The van der Waals surface area contributed by atoms with Crippen LogP contribution in [-0.2, 0) is 11.3 Å². The molecule has 1 unspecified atom stereocenters. The molecule has 4 heterocycles. The third kappa shape index (κ3) is 6.75. The van der Waals surface area contributed by atoms with Gasteiger partial charge in [-0.05, 0) is 90.9 Å². The minimum absolute atomic E-state index is 0.104. The van der Waals surface area contributed by atoms with E-state index in [1.807, 2.05) is 64.5 Å². The summed E-state index contributed by atoms with van der Waals surface area (Å²) < 4.78 is 19.4. The van der Waals surface area contributed by atoms with Crippen molar-refractivity contribution in [2.24, 2.45) is 5.92 Å². The van der Waals surface area contributed by atoms with Crippen molar-refractivity contribution in [1.82, 2.24) is 20.6 Å². The lowest BCUT2D eigenvalue weighted by Gasteiger charge is -2.37. The van der Waals surface area contributed by atoms with E-state index in [1.54, 1.807) is 0 Å². The molecule has 47 heavy (non-hydrogen) atoms. The number of thioether (sulfide) groups is 1. The summed E-state index contributed by atoms with van der Waals surface area (Å²) in [4.78, 5) is 37.5. The van der Waals surface area contributed by atoms with Gasteiger partial charge in [0, 0.05) is 83.1 Å². The maximum atomic E-state index is 13.9. The summed E-state index contributed by atoms with van der Waals surface area (Å²) in [6, 6.07) is 8.36. The standard InChI is InChI=1S/C36H47N5O5S/c1-20-14-30(47-7)29(35(43)40-20)17-39-34(42)27-15-28(24-8-13-31(38-16-24)41-18-21(2)44-22(3)19-41)33-32(23(27)4)45-36(5,46-33)25-9-11-26(37-6)12-10-25/h8,13-16,21-22,25-26,37H,9-12,17-19H2,1-7H3,(H,39,42)(H,40,43)/t21-,22+,25-,26-,36?. The number of ether oxygens (including phenoxy) is 3. The molecular formula is C36H47N5O5S. The van der Waals surface area contributed by atoms with Crippen molar-refractivity contribution < 1.29 is 19.0 Å². The molecule has 0 bridgehead atoms. The zero-order chi connectivity index (χ0) is 33.5. The Hall–Kier alpha value is -3.54. The third-order valence-electron chi connectivity index (χ3n) is 9.89. The fraction of sp³-hybridized carbons (Fsp3) is 0.528. The molecule has 10 nitrogen and oxygen atoms in total. The first-order valence-corrected chi connectivity index (χ1v) is 17.9. The quantitative estimate of drug-likeness (QED) is 0.266. The van der Waals surface area contributed by atoms with Crippen LogP contribution in [0, 0.1) is 19.8 Å². The fourth-order valence-electron chi connectivity index (χ4n) is 7.30. The van der Waals surface area contributed by atoms with Gasteiger partial charge >= 0.3 is 0 Å². The summed E-state index contributed by atoms with van der Waals surface area (Å²) in [5, 5.41) is 6.42. The van der Waals surface area contributed by atoms with Crippen molar-refractivity contribution in [2.75, 3.05) is 31.3 Å². The lowest BCUT2D eigenvalue weighted by Crippen LogP contribution is -2.46. The molecule has 2 fully saturated rings. The first-order chi connectivity index (χ1) is 22.5. The second kappa shape index (κ2) is 13.5. The van der Waals surface area contributed by atoms with Gasteiger partial charge in [0.2, 0.25) is 0 Å². The fourth-order valence-corrected chi connectivity index (χ4v) is 8.01. The molecule has 3 aliphatic rings. The Morgan fingerprint density at radius 3 is 2.43 bits per heavy atom. The molecule has 2 aliphatic heterocycles. The van der Waals surface area contributed by atoms with Crippen LogP contribution in [0.3, 0.4) is 0 Å². The lowest BCUT2D eigenvalue weighted by molar-refractivity contribution is -0.121. The number of morpholine rings is 1. The van der Waals surface area contributed by atoms with E-state index in [1.165, 1.54) is 11.8 Å². The van der Waals surface area contributed by atoms with Crippen molar-refractivity contribution in [1.29, 1.82) is 0 Å². The number of benzene rings is 1. The van der Waals surface area contributed by atoms with Gasteiger partial charge in [-0.2, -0.15) is 0 Å². The number of aromatic amines is 1. The molecule has 2 aromatic heterocycles. The number of rotatable bonds is 8. The Morgan fingerprint density at radius 2 is 1.79 bits per heavy atom. The molecule has 11 heteroatoms. The number of carbonyl (C=O) groups excluding carboxylic acids is 1. The van der Waals surface area contributed by atoms with Crippen LogP contribution >= 0.6 is 11.8 Å². The summed E-state index contributed by atoms with van der Waals surface area (Å²) in [7, 11) is 2.02. The zero-order valence-electron chi connectivity index (χ0n) is 28.5. The SMILES string of the molecule is CN[C@H]1CC[C@H](C2(C)Oc3c(-c4ccc(N5C[C@@H](C)O[C@@H](C)C5)nc4)cc(C(=O)NCc4c(SC)cc(C)[nH]c4=O)c(C)c3O2)CC1. The van der Waals surface area contributed by atoms with Crippen molar-refractivity contribution in [3.05, 3.63) is 63.2 Å². The molecule has 3 atom stereocenters. The summed E-state index contributed by atoms with van der Waals surface area (Å²) in [6.07, 6.45) is 8.08. The molecule has 1 saturated heterocycles. The summed E-state index contributed by atoms with van der Waals surface area (Å²) >= 11 is 1.49. The second-order valence-corrected chi connectivity index (χ2v) is 14.2. The van der Waals surface area contributed by atoms with E-state index in [4.69, 9.17) is 19.2 Å². The number of fused-ring (bicyclic) bond motifs is 1. The van der Waals surface area contributed by atoms with Crippen LogP contribution in [0.2, 0.25) is 0 Å². The van der Waals surface area contributed by atoms with Crippen molar-refractivity contribution in [2.45, 2.75) is 95.8 Å². The number of aryl methyl sites for hydroxylation is 1. The zero-order valence-corrected chi connectivity index (χ0v) is 29.3. The molecule has 3 aromatic rings. The van der Waals surface area contributed by atoms with Crippen molar-refractivity contribution in [3.63, 3.8) is 0 Å². The number of nitrogens with one attached hydrogen (secondary N) is 3. The summed E-state index contributed by atoms with van der Waals surface area (Å²) in [5.74, 6) is 1.17. The average molecular weight is 662 g/mol. The number of hydrogen-bond donors (Lipinski definition) is 3. The van der Waals surface area contributed by atoms with Crippen LogP contribution in [0.25, 0.3) is 11.1 Å². The van der Waals surface area contributed by atoms with Gasteiger partial charge in [0.05, 0.1) is 12.2 Å². The van der Waals surface area contributed by atoms with E-state index < -0.39 is 5.79 Å². The van der Waals surface area contributed by atoms with Gasteiger partial charge in [-0.25, -0.2) is 4.98 Å². The molecule has 3 N–H and O–H groups in total. The Balaban J connectivity index is 1.34. The van der Waals surface area contributed by atoms with Crippen LogP contribution in [0.1, 0.15) is 73.6 Å². The smallest absolute Gasteiger partial charge is 0.254 e. The molecule has 1 saturated carbocycles. The number of aromatic nitrogens is 2. The molecule has 1 amide bonds. The van der Waals surface area contributed by atoms with Gasteiger partial charge in [-0.15, -0.1) is 11.8 Å². The van der Waals surface area contributed by atoms with E-state index in [0.717, 1.165) is 66.3 Å². The Bertz CT molecular complexity index is 1680. The maximum absolute atomic E-state index is 13.9. The van der Waals surface area contributed by atoms with Crippen LogP contribution in [0.5, 0.6) is 11.5 Å². The highest BCUT2D eigenvalue weighted by Crippen LogP contribution is 2.52. The third-order valence-corrected chi connectivity index (χ3v) is 10.7.